The lowest BCUT2D eigenvalue weighted by Gasteiger charge is -2.39. The minimum absolute atomic E-state index is 0.333. The van der Waals surface area contributed by atoms with Crippen LogP contribution in [0.5, 0.6) is 0 Å². The van der Waals surface area contributed by atoms with Gasteiger partial charge in [0.1, 0.15) is 0 Å². The van der Waals surface area contributed by atoms with Crippen molar-refractivity contribution in [2.45, 2.75) is 50.5 Å². The molecular weight excluding hydrogens is 198 g/mol. The summed E-state index contributed by atoms with van der Waals surface area (Å²) in [5.74, 6) is 0.696. The summed E-state index contributed by atoms with van der Waals surface area (Å²) >= 11 is 0. The second kappa shape index (κ2) is 3.88. The van der Waals surface area contributed by atoms with E-state index in [1.807, 2.05) is 0 Å². The summed E-state index contributed by atoms with van der Waals surface area (Å²) in [7, 11) is 0. The first-order chi connectivity index (χ1) is 7.80. The molecule has 0 radical (unpaired) electrons. The van der Waals surface area contributed by atoms with Crippen molar-refractivity contribution in [3.8, 4) is 0 Å². The Kier molecular flexibility index (Phi) is 2.51. The topological polar surface area (TPSA) is 29.9 Å². The zero-order chi connectivity index (χ0) is 11.0. The van der Waals surface area contributed by atoms with Gasteiger partial charge in [0.2, 0.25) is 0 Å². The van der Waals surface area contributed by atoms with Crippen LogP contribution in [0.3, 0.4) is 0 Å². The van der Waals surface area contributed by atoms with Crippen LogP contribution in [0.15, 0.2) is 12.5 Å². The Bertz CT molecular complexity index is 359. The predicted octanol–water partition coefficient (Wildman–Crippen LogP) is 2.25. The molecule has 2 heterocycles. The van der Waals surface area contributed by atoms with Gasteiger partial charge in [0.25, 0.3) is 0 Å². The number of rotatable bonds is 2. The van der Waals surface area contributed by atoms with Crippen molar-refractivity contribution in [1.82, 2.24) is 14.9 Å². The molecule has 3 nitrogen and oxygen atoms in total. The molecule has 0 bridgehead atoms. The second-order valence-corrected chi connectivity index (χ2v) is 5.60. The smallest absolute Gasteiger partial charge is 0.0953 e. The maximum atomic E-state index is 4.38. The van der Waals surface area contributed by atoms with Crippen molar-refractivity contribution in [2.75, 3.05) is 13.1 Å². The van der Waals surface area contributed by atoms with Crippen LogP contribution in [-0.2, 0) is 5.54 Å². The van der Waals surface area contributed by atoms with Crippen LogP contribution in [0.2, 0.25) is 0 Å². The van der Waals surface area contributed by atoms with Gasteiger partial charge in [-0.25, -0.2) is 4.98 Å². The number of nitrogens with zero attached hydrogens (tertiary/aromatic N) is 2. The monoisotopic (exact) mass is 219 g/mol. The minimum atomic E-state index is 0.333. The Morgan fingerprint density at radius 1 is 1.31 bits per heavy atom. The lowest BCUT2D eigenvalue weighted by Crippen LogP contribution is -2.43. The Morgan fingerprint density at radius 2 is 2.06 bits per heavy atom. The summed E-state index contributed by atoms with van der Waals surface area (Å²) in [5, 5.41) is 3.35. The van der Waals surface area contributed by atoms with Crippen molar-refractivity contribution in [1.29, 1.82) is 0 Å². The second-order valence-electron chi connectivity index (χ2n) is 5.60. The summed E-state index contributed by atoms with van der Waals surface area (Å²) in [4.78, 5) is 4.38. The Hall–Kier alpha value is -0.830. The molecule has 0 amide bonds. The molecule has 0 unspecified atom stereocenters. The van der Waals surface area contributed by atoms with Gasteiger partial charge in [0.15, 0.2) is 0 Å². The van der Waals surface area contributed by atoms with E-state index in [1.165, 1.54) is 37.8 Å². The Labute approximate surface area is 97.3 Å². The molecule has 1 aliphatic carbocycles. The van der Waals surface area contributed by atoms with Crippen LogP contribution in [-0.4, -0.2) is 22.6 Å². The lowest BCUT2D eigenvalue weighted by atomic mass is 9.82. The molecule has 1 aliphatic heterocycles. The quantitative estimate of drug-likeness (QED) is 0.826. The van der Waals surface area contributed by atoms with Crippen LogP contribution in [0.1, 0.15) is 50.6 Å². The molecule has 1 aromatic heterocycles. The van der Waals surface area contributed by atoms with Gasteiger partial charge in [0.05, 0.1) is 6.33 Å². The maximum Gasteiger partial charge on any atom is 0.0953 e. The highest BCUT2D eigenvalue weighted by atomic mass is 15.1. The van der Waals surface area contributed by atoms with E-state index in [4.69, 9.17) is 0 Å². The highest BCUT2D eigenvalue weighted by molar-refractivity contribution is 5.14. The third-order valence-electron chi connectivity index (χ3n) is 4.38. The summed E-state index contributed by atoms with van der Waals surface area (Å²) in [5.41, 5.74) is 1.78. The highest BCUT2D eigenvalue weighted by Crippen LogP contribution is 2.37. The van der Waals surface area contributed by atoms with E-state index in [0.717, 1.165) is 13.1 Å². The average molecular weight is 219 g/mol. The first kappa shape index (κ1) is 10.3. The highest BCUT2D eigenvalue weighted by Gasteiger charge is 2.33. The molecule has 1 N–H and O–H groups in total. The fourth-order valence-corrected chi connectivity index (χ4v) is 3.11. The van der Waals surface area contributed by atoms with E-state index >= 15 is 0 Å². The van der Waals surface area contributed by atoms with Crippen molar-refractivity contribution in [3.63, 3.8) is 0 Å². The maximum absolute atomic E-state index is 4.38. The Balaban J connectivity index is 1.89. The van der Waals surface area contributed by atoms with Crippen LogP contribution in [0.4, 0.5) is 0 Å². The molecule has 0 atom stereocenters. The van der Waals surface area contributed by atoms with Gasteiger partial charge in [-0.15, -0.1) is 0 Å². The van der Waals surface area contributed by atoms with Crippen molar-refractivity contribution in [3.05, 3.63) is 18.2 Å². The van der Waals surface area contributed by atoms with E-state index in [1.54, 1.807) is 0 Å². The number of nitrogens with one attached hydrogen (secondary N) is 1. The van der Waals surface area contributed by atoms with Gasteiger partial charge < -0.3 is 9.88 Å². The number of hydrogen-bond acceptors (Lipinski definition) is 2. The fraction of sp³-hybridized carbons (Fsp3) is 0.769. The molecule has 1 aromatic rings. The zero-order valence-corrected chi connectivity index (χ0v) is 10.1. The van der Waals surface area contributed by atoms with Gasteiger partial charge in [-0.05, 0) is 19.8 Å². The fourth-order valence-electron chi connectivity index (χ4n) is 3.11. The molecule has 3 heteroatoms. The summed E-state index contributed by atoms with van der Waals surface area (Å²) in [6.07, 6.45) is 10.9. The summed E-state index contributed by atoms with van der Waals surface area (Å²) in [6.45, 7) is 4.66. The normalized spacial score (nSPS) is 25.3. The van der Waals surface area contributed by atoms with Gasteiger partial charge in [-0.2, -0.15) is 0 Å². The largest absolute Gasteiger partial charge is 0.328 e. The molecule has 2 fully saturated rings. The van der Waals surface area contributed by atoms with E-state index in [9.17, 15) is 0 Å². The molecule has 0 aromatic carbocycles. The first-order valence-corrected chi connectivity index (χ1v) is 6.53. The van der Waals surface area contributed by atoms with Crippen molar-refractivity contribution >= 4 is 0 Å². The number of imidazole rings is 1. The van der Waals surface area contributed by atoms with E-state index in [0.29, 0.717) is 11.5 Å². The number of hydrogen-bond donors (Lipinski definition) is 1. The van der Waals surface area contributed by atoms with Crippen LogP contribution in [0, 0.1) is 0 Å². The van der Waals surface area contributed by atoms with Crippen molar-refractivity contribution in [2.24, 2.45) is 0 Å². The van der Waals surface area contributed by atoms with E-state index in [-0.39, 0.29) is 0 Å². The molecule has 16 heavy (non-hydrogen) atoms. The third kappa shape index (κ3) is 1.58. The summed E-state index contributed by atoms with van der Waals surface area (Å²) in [6, 6.07) is 0. The third-order valence-corrected chi connectivity index (χ3v) is 4.38. The van der Waals surface area contributed by atoms with E-state index in [2.05, 4.69) is 34.3 Å². The van der Waals surface area contributed by atoms with Gasteiger partial charge in [0, 0.05) is 36.4 Å². The van der Waals surface area contributed by atoms with Crippen LogP contribution < -0.4 is 5.32 Å². The summed E-state index contributed by atoms with van der Waals surface area (Å²) < 4.78 is 2.47. The molecule has 1 saturated carbocycles. The lowest BCUT2D eigenvalue weighted by molar-refractivity contribution is 0.207. The van der Waals surface area contributed by atoms with Gasteiger partial charge in [-0.3, -0.25) is 0 Å². The minimum Gasteiger partial charge on any atom is -0.328 e. The van der Waals surface area contributed by atoms with Crippen LogP contribution >= 0.6 is 0 Å². The molecule has 0 spiro atoms. The van der Waals surface area contributed by atoms with Crippen molar-refractivity contribution < 1.29 is 0 Å². The first-order valence-electron chi connectivity index (χ1n) is 6.53. The van der Waals surface area contributed by atoms with Gasteiger partial charge >= 0.3 is 0 Å². The molecule has 3 rings (SSSR count). The number of aromatic nitrogens is 2. The standard InChI is InChI=1S/C13H21N3/c1-13(5-3-2-4-6-13)16-10-15-9-12(16)11-7-14-8-11/h9-11,14H,2-8H2,1H3. The zero-order valence-electron chi connectivity index (χ0n) is 10.1. The average Bonchev–Trinajstić information content (AvgIpc) is 2.66. The molecule has 1 saturated heterocycles. The van der Waals surface area contributed by atoms with Crippen LogP contribution in [0.25, 0.3) is 0 Å². The molecule has 2 aliphatic rings. The van der Waals surface area contributed by atoms with Gasteiger partial charge in [-0.1, -0.05) is 19.3 Å². The predicted molar refractivity (Wildman–Crippen MR) is 64.6 cm³/mol. The Morgan fingerprint density at radius 3 is 2.69 bits per heavy atom. The SMILES string of the molecule is CC1(n2cncc2C2CNC2)CCCCC1. The van der Waals surface area contributed by atoms with E-state index < -0.39 is 0 Å². The molecule has 88 valence electrons. The molecular formula is C13H21N3.